The largest absolute Gasteiger partial charge is 0.508 e. The highest BCUT2D eigenvalue weighted by molar-refractivity contribution is 5.88. The molecule has 4 aromatic rings. The first-order chi connectivity index (χ1) is 26.2. The molecule has 3 heterocycles. The number of carbonyl (C=O) groups excluding carboxylic acids is 1. The van der Waals surface area contributed by atoms with Crippen molar-refractivity contribution in [3.63, 3.8) is 0 Å². The Morgan fingerprint density at radius 1 is 0.818 bits per heavy atom. The van der Waals surface area contributed by atoms with E-state index < -0.39 is 96.3 Å². The lowest BCUT2D eigenvalue weighted by atomic mass is 9.99. The van der Waals surface area contributed by atoms with Crippen LogP contribution in [0.3, 0.4) is 0 Å². The molecule has 17 nitrogen and oxygen atoms in total. The summed E-state index contributed by atoms with van der Waals surface area (Å²) in [5.41, 5.74) is 0.427. The highest BCUT2D eigenvalue weighted by atomic mass is 16.7. The summed E-state index contributed by atoms with van der Waals surface area (Å²) in [5, 5.41) is 83.4. The Labute approximate surface area is 312 Å². The molecular formula is C38H40O17. The number of aryl methyl sites for hydroxylation is 1. The molecule has 6 rings (SSSR count). The van der Waals surface area contributed by atoms with E-state index in [1.807, 2.05) is 6.92 Å². The fourth-order valence-corrected chi connectivity index (χ4v) is 6.07. The quantitative estimate of drug-likeness (QED) is 0.0821. The van der Waals surface area contributed by atoms with E-state index in [4.69, 9.17) is 32.8 Å². The zero-order chi connectivity index (χ0) is 39.7. The summed E-state index contributed by atoms with van der Waals surface area (Å²) in [5.74, 6) is -2.14. The summed E-state index contributed by atoms with van der Waals surface area (Å²) in [4.78, 5) is 26.6. The van der Waals surface area contributed by atoms with Crippen LogP contribution in [-0.4, -0.2) is 122 Å². The van der Waals surface area contributed by atoms with Gasteiger partial charge < -0.3 is 73.7 Å². The average Bonchev–Trinajstić information content (AvgIpc) is 3.16. The van der Waals surface area contributed by atoms with Crippen molar-refractivity contribution in [1.29, 1.82) is 0 Å². The number of aliphatic hydroxyl groups excluding tert-OH is 6. The van der Waals surface area contributed by atoms with Crippen LogP contribution in [0.4, 0.5) is 0 Å². The Morgan fingerprint density at radius 2 is 1.49 bits per heavy atom. The Morgan fingerprint density at radius 3 is 2.18 bits per heavy atom. The van der Waals surface area contributed by atoms with Gasteiger partial charge >= 0.3 is 5.97 Å². The number of esters is 1. The van der Waals surface area contributed by atoms with Gasteiger partial charge in [0.15, 0.2) is 5.76 Å². The van der Waals surface area contributed by atoms with Crippen molar-refractivity contribution < 1.29 is 78.5 Å². The summed E-state index contributed by atoms with van der Waals surface area (Å²) < 4.78 is 39.2. The molecule has 17 heteroatoms. The van der Waals surface area contributed by atoms with Crippen molar-refractivity contribution in [1.82, 2.24) is 0 Å². The van der Waals surface area contributed by atoms with Crippen LogP contribution in [0.15, 0.2) is 69.9 Å². The number of phenolic OH excluding ortho intramolecular Hbond substituents is 2. The fraction of sp³-hybridized carbons (Fsp3) is 0.368. The molecule has 2 aliphatic rings. The van der Waals surface area contributed by atoms with Crippen molar-refractivity contribution in [2.75, 3.05) is 13.7 Å². The first-order valence-corrected chi connectivity index (χ1v) is 17.0. The summed E-state index contributed by atoms with van der Waals surface area (Å²) in [6.07, 6.45) is -13.5. The topological polar surface area (TPSA) is 264 Å². The second-order valence-corrected chi connectivity index (χ2v) is 13.1. The molecule has 4 unspecified atom stereocenters. The van der Waals surface area contributed by atoms with E-state index in [2.05, 4.69) is 0 Å². The molecule has 2 aliphatic heterocycles. The van der Waals surface area contributed by atoms with Crippen LogP contribution in [0.1, 0.15) is 18.1 Å². The van der Waals surface area contributed by atoms with Crippen LogP contribution < -0.4 is 19.6 Å². The maximum atomic E-state index is 14.1. The van der Waals surface area contributed by atoms with Gasteiger partial charge in [-0.25, -0.2) is 4.79 Å². The Balaban J connectivity index is 1.27. The molecule has 294 valence electrons. The predicted molar refractivity (Wildman–Crippen MR) is 189 cm³/mol. The first kappa shape index (κ1) is 39.5. The van der Waals surface area contributed by atoms with Crippen molar-refractivity contribution in [2.45, 2.75) is 75.3 Å². The molecular weight excluding hydrogens is 728 g/mol. The summed E-state index contributed by atoms with van der Waals surface area (Å²) >= 11 is 0. The number of aliphatic hydroxyl groups is 6. The molecule has 8 N–H and O–H groups in total. The minimum atomic E-state index is -1.95. The number of fused-ring (bicyclic) bond motifs is 1. The minimum Gasteiger partial charge on any atom is -0.508 e. The van der Waals surface area contributed by atoms with Gasteiger partial charge in [0.05, 0.1) is 13.2 Å². The molecule has 1 aromatic heterocycles. The number of hydrogen-bond donors (Lipinski definition) is 8. The van der Waals surface area contributed by atoms with E-state index in [9.17, 15) is 50.4 Å². The molecule has 0 amide bonds. The second-order valence-electron chi connectivity index (χ2n) is 13.1. The molecule has 3 aromatic carbocycles. The third-order valence-electron chi connectivity index (χ3n) is 9.23. The number of hydrogen-bond acceptors (Lipinski definition) is 17. The molecule has 0 saturated carbocycles. The van der Waals surface area contributed by atoms with Crippen LogP contribution in [0.25, 0.3) is 28.4 Å². The maximum absolute atomic E-state index is 14.1. The molecule has 0 bridgehead atoms. The first-order valence-electron chi connectivity index (χ1n) is 17.0. The molecule has 0 aliphatic carbocycles. The zero-order valence-corrected chi connectivity index (χ0v) is 29.6. The zero-order valence-electron chi connectivity index (χ0n) is 29.6. The van der Waals surface area contributed by atoms with Crippen molar-refractivity contribution in [3.05, 3.63) is 82.0 Å². The SMILES string of the molecule is COc1cc(/C=C/C(=O)OCC2O[C@@H](Oc3c(-c4ccc(O)cc4)oc4cc(O[C@@H]5OC(C)[C@H](O)[C@H](O)C5O)cc(O)c4c3=O)C(O)[C@@H](O)[C@@H]2O)ccc1C. The number of rotatable bonds is 10. The van der Waals surface area contributed by atoms with Gasteiger partial charge in [0, 0.05) is 23.8 Å². The summed E-state index contributed by atoms with van der Waals surface area (Å²) in [6, 6.07) is 12.8. The van der Waals surface area contributed by atoms with Gasteiger partial charge in [-0.2, -0.15) is 0 Å². The predicted octanol–water partition coefficient (Wildman–Crippen LogP) is 0.838. The van der Waals surface area contributed by atoms with Gasteiger partial charge in [-0.3, -0.25) is 4.79 Å². The molecule has 2 fully saturated rings. The number of carbonyl (C=O) groups is 1. The van der Waals surface area contributed by atoms with Crippen LogP contribution in [-0.2, 0) is 19.0 Å². The van der Waals surface area contributed by atoms with Crippen molar-refractivity contribution >= 4 is 23.0 Å². The van der Waals surface area contributed by atoms with Crippen LogP contribution >= 0.6 is 0 Å². The fourth-order valence-electron chi connectivity index (χ4n) is 6.07. The lowest BCUT2D eigenvalue weighted by Gasteiger charge is -2.39. The number of phenols is 2. The van der Waals surface area contributed by atoms with E-state index in [1.165, 1.54) is 50.4 Å². The number of benzene rings is 3. The van der Waals surface area contributed by atoms with E-state index >= 15 is 0 Å². The highest BCUT2D eigenvalue weighted by Gasteiger charge is 2.46. The lowest BCUT2D eigenvalue weighted by Crippen LogP contribution is -2.60. The second kappa shape index (κ2) is 16.2. The number of aromatic hydroxyl groups is 2. The van der Waals surface area contributed by atoms with Crippen molar-refractivity contribution in [3.8, 4) is 40.1 Å². The third kappa shape index (κ3) is 8.24. The van der Waals surface area contributed by atoms with Crippen LogP contribution in [0, 0.1) is 6.92 Å². The molecule has 0 spiro atoms. The lowest BCUT2D eigenvalue weighted by molar-refractivity contribution is -0.278. The summed E-state index contributed by atoms with van der Waals surface area (Å²) in [7, 11) is 1.52. The van der Waals surface area contributed by atoms with Gasteiger partial charge in [0.25, 0.3) is 0 Å². The standard InChI is InChI=1S/C38H40O17/c1-16-4-5-18(12-23(16)49-3)6-11-26(41)50-15-25-29(43)32(46)34(48)38(54-25)55-36-30(44)27-22(40)13-21(52-37-33(47)31(45)28(42)17(2)51-37)14-24(27)53-35(36)19-7-9-20(39)10-8-19/h4-14,17,25,28-29,31-34,37-40,42-43,45-48H,15H2,1-3H3/b11-6+/t17?,25?,28-,29+,31-,32-,33?,34?,37-,38-/m0/s1. The Kier molecular flexibility index (Phi) is 11.6. The van der Waals surface area contributed by atoms with Crippen molar-refractivity contribution in [2.24, 2.45) is 0 Å². The monoisotopic (exact) mass is 768 g/mol. The van der Waals surface area contributed by atoms with E-state index in [-0.39, 0.29) is 28.4 Å². The Bertz CT molecular complexity index is 2100. The number of methoxy groups -OCH3 is 1. The van der Waals surface area contributed by atoms with Gasteiger partial charge in [0.2, 0.25) is 23.8 Å². The summed E-state index contributed by atoms with van der Waals surface area (Å²) in [6.45, 7) is 2.70. The van der Waals surface area contributed by atoms with E-state index in [0.717, 1.165) is 17.7 Å². The highest BCUT2D eigenvalue weighted by Crippen LogP contribution is 2.38. The van der Waals surface area contributed by atoms with Gasteiger partial charge in [-0.1, -0.05) is 12.1 Å². The normalized spacial score (nSPS) is 28.2. The van der Waals surface area contributed by atoms with Gasteiger partial charge in [-0.05, 0) is 61.4 Å². The average molecular weight is 769 g/mol. The van der Waals surface area contributed by atoms with E-state index in [1.54, 1.807) is 18.2 Å². The molecule has 10 atom stereocenters. The van der Waals surface area contributed by atoms with Crippen LogP contribution in [0.2, 0.25) is 0 Å². The maximum Gasteiger partial charge on any atom is 0.330 e. The number of ether oxygens (including phenoxy) is 6. The van der Waals surface area contributed by atoms with Crippen LogP contribution in [0.5, 0.6) is 28.7 Å². The minimum absolute atomic E-state index is 0.135. The van der Waals surface area contributed by atoms with E-state index in [0.29, 0.717) is 11.3 Å². The molecule has 2 saturated heterocycles. The third-order valence-corrected chi connectivity index (χ3v) is 9.23. The van der Waals surface area contributed by atoms with Gasteiger partial charge in [0.1, 0.15) is 83.3 Å². The smallest absolute Gasteiger partial charge is 0.330 e. The van der Waals surface area contributed by atoms with Gasteiger partial charge in [-0.15, -0.1) is 0 Å². The molecule has 55 heavy (non-hydrogen) atoms. The Hall–Kier alpha value is -5.24. The molecule has 0 radical (unpaired) electrons.